The summed E-state index contributed by atoms with van der Waals surface area (Å²) in [6.07, 6.45) is -3.25. The standard InChI is InChI=1S/C16H15F3N6O2/c1-2-25-13-12(21-8-24(15(13)27)7-11(20)26)14(23-25)22-10-5-3-9(4-6-10)16(17,18)19/h3-6,8H,2,7H2,1H3,(H2,20,26)(H,22,23). The minimum Gasteiger partial charge on any atom is -0.368 e. The van der Waals surface area contributed by atoms with E-state index in [0.717, 1.165) is 16.7 Å². The lowest BCUT2D eigenvalue weighted by Crippen LogP contribution is -2.29. The normalized spacial score (nSPS) is 11.7. The van der Waals surface area contributed by atoms with Gasteiger partial charge in [0, 0.05) is 12.2 Å². The molecule has 0 atom stereocenters. The lowest BCUT2D eigenvalue weighted by Gasteiger charge is -2.08. The zero-order chi connectivity index (χ0) is 19.8. The van der Waals surface area contributed by atoms with Crippen LogP contribution < -0.4 is 16.6 Å². The van der Waals surface area contributed by atoms with Crippen LogP contribution in [0.4, 0.5) is 24.7 Å². The van der Waals surface area contributed by atoms with Gasteiger partial charge in [0.2, 0.25) is 5.91 Å². The summed E-state index contributed by atoms with van der Waals surface area (Å²) in [7, 11) is 0. The Labute approximate surface area is 150 Å². The maximum atomic E-state index is 12.7. The zero-order valence-corrected chi connectivity index (χ0v) is 14.1. The third-order valence-corrected chi connectivity index (χ3v) is 3.82. The molecule has 0 bridgehead atoms. The van der Waals surface area contributed by atoms with Crippen molar-refractivity contribution >= 4 is 28.4 Å². The number of nitrogens with one attached hydrogen (secondary N) is 1. The van der Waals surface area contributed by atoms with Crippen LogP contribution >= 0.6 is 0 Å². The van der Waals surface area contributed by atoms with Crippen molar-refractivity contribution in [2.24, 2.45) is 5.73 Å². The number of fused-ring (bicyclic) bond motifs is 1. The lowest BCUT2D eigenvalue weighted by molar-refractivity contribution is -0.137. The minimum atomic E-state index is -4.43. The van der Waals surface area contributed by atoms with E-state index in [1.165, 1.54) is 23.1 Å². The van der Waals surface area contributed by atoms with Gasteiger partial charge in [0.15, 0.2) is 11.3 Å². The van der Waals surface area contributed by atoms with E-state index in [2.05, 4.69) is 15.4 Å². The molecular formula is C16H15F3N6O2. The van der Waals surface area contributed by atoms with Crippen LogP contribution in [-0.4, -0.2) is 25.2 Å². The van der Waals surface area contributed by atoms with Crippen molar-refractivity contribution in [3.8, 4) is 0 Å². The summed E-state index contributed by atoms with van der Waals surface area (Å²) in [6, 6.07) is 4.39. The summed E-state index contributed by atoms with van der Waals surface area (Å²) in [5.41, 5.74) is 4.61. The summed E-state index contributed by atoms with van der Waals surface area (Å²) in [5.74, 6) is -0.473. The molecular weight excluding hydrogens is 365 g/mol. The number of amides is 1. The highest BCUT2D eigenvalue weighted by Crippen LogP contribution is 2.30. The second-order valence-electron chi connectivity index (χ2n) is 5.71. The number of aryl methyl sites for hydroxylation is 1. The highest BCUT2D eigenvalue weighted by molar-refractivity contribution is 5.87. The molecule has 142 valence electrons. The number of carbonyl (C=O) groups excluding carboxylic acids is 1. The molecule has 2 heterocycles. The van der Waals surface area contributed by atoms with Crippen LogP contribution in [0.3, 0.4) is 0 Å². The zero-order valence-electron chi connectivity index (χ0n) is 14.1. The third-order valence-electron chi connectivity index (χ3n) is 3.82. The summed E-state index contributed by atoms with van der Waals surface area (Å²) < 4.78 is 40.4. The van der Waals surface area contributed by atoms with Gasteiger partial charge < -0.3 is 11.1 Å². The summed E-state index contributed by atoms with van der Waals surface area (Å²) in [4.78, 5) is 27.8. The molecule has 0 spiro atoms. The van der Waals surface area contributed by atoms with E-state index in [1.807, 2.05) is 0 Å². The monoisotopic (exact) mass is 380 g/mol. The number of alkyl halides is 3. The second-order valence-corrected chi connectivity index (χ2v) is 5.71. The SMILES string of the molecule is CCn1nc(Nc2ccc(C(F)(F)F)cc2)c2ncn(CC(N)=O)c(=O)c21. The molecule has 0 saturated carbocycles. The molecule has 2 aromatic heterocycles. The van der Waals surface area contributed by atoms with Crippen molar-refractivity contribution in [1.82, 2.24) is 19.3 Å². The number of nitrogens with zero attached hydrogens (tertiary/aromatic N) is 4. The van der Waals surface area contributed by atoms with Gasteiger partial charge in [-0.05, 0) is 31.2 Å². The average molecular weight is 380 g/mol. The molecule has 3 aromatic rings. The number of aromatic nitrogens is 4. The van der Waals surface area contributed by atoms with E-state index in [0.29, 0.717) is 12.2 Å². The highest BCUT2D eigenvalue weighted by Gasteiger charge is 2.30. The van der Waals surface area contributed by atoms with Crippen LogP contribution in [0, 0.1) is 0 Å². The molecule has 1 amide bonds. The molecule has 3 N–H and O–H groups in total. The Morgan fingerprint density at radius 2 is 1.93 bits per heavy atom. The molecule has 27 heavy (non-hydrogen) atoms. The van der Waals surface area contributed by atoms with Gasteiger partial charge in [0.1, 0.15) is 12.1 Å². The molecule has 0 saturated heterocycles. The number of carbonyl (C=O) groups is 1. The first-order valence-corrected chi connectivity index (χ1v) is 7.89. The third kappa shape index (κ3) is 3.61. The van der Waals surface area contributed by atoms with E-state index < -0.39 is 23.2 Å². The topological polar surface area (TPSA) is 108 Å². The fraction of sp³-hybridized carbons (Fsp3) is 0.250. The van der Waals surface area contributed by atoms with Gasteiger partial charge in [0.05, 0.1) is 11.9 Å². The number of anilines is 2. The number of rotatable bonds is 5. The molecule has 3 rings (SSSR count). The Bertz CT molecular complexity index is 1050. The first kappa shape index (κ1) is 18.4. The smallest absolute Gasteiger partial charge is 0.368 e. The number of benzene rings is 1. The quantitative estimate of drug-likeness (QED) is 0.703. The minimum absolute atomic E-state index is 0.163. The molecule has 1 aromatic carbocycles. The second kappa shape index (κ2) is 6.74. The number of nitrogens with two attached hydrogens (primary N) is 1. The summed E-state index contributed by atoms with van der Waals surface area (Å²) >= 11 is 0. The van der Waals surface area contributed by atoms with Crippen LogP contribution in [0.25, 0.3) is 11.0 Å². The van der Waals surface area contributed by atoms with Gasteiger partial charge in [-0.25, -0.2) is 4.98 Å². The van der Waals surface area contributed by atoms with Crippen LogP contribution in [0.5, 0.6) is 0 Å². The summed E-state index contributed by atoms with van der Waals surface area (Å²) in [5, 5.41) is 7.11. The van der Waals surface area contributed by atoms with E-state index in [-0.39, 0.29) is 23.4 Å². The Morgan fingerprint density at radius 1 is 1.26 bits per heavy atom. The van der Waals surface area contributed by atoms with E-state index in [1.54, 1.807) is 6.92 Å². The summed E-state index contributed by atoms with van der Waals surface area (Å²) in [6.45, 7) is 1.79. The van der Waals surface area contributed by atoms with Crippen molar-refractivity contribution in [1.29, 1.82) is 0 Å². The Kier molecular flexibility index (Phi) is 4.60. The van der Waals surface area contributed by atoms with E-state index in [4.69, 9.17) is 5.73 Å². The highest BCUT2D eigenvalue weighted by atomic mass is 19.4. The Hall–Kier alpha value is -3.37. The molecule has 11 heteroatoms. The van der Waals surface area contributed by atoms with E-state index in [9.17, 15) is 22.8 Å². The first-order chi connectivity index (χ1) is 12.7. The number of primary amides is 1. The molecule has 8 nitrogen and oxygen atoms in total. The number of hydrogen-bond donors (Lipinski definition) is 2. The van der Waals surface area contributed by atoms with E-state index >= 15 is 0 Å². The van der Waals surface area contributed by atoms with Crippen molar-refractivity contribution in [3.63, 3.8) is 0 Å². The van der Waals surface area contributed by atoms with Crippen LogP contribution in [0.2, 0.25) is 0 Å². The average Bonchev–Trinajstić information content (AvgIpc) is 2.95. The van der Waals surface area contributed by atoms with Crippen LogP contribution in [0.15, 0.2) is 35.4 Å². The van der Waals surface area contributed by atoms with Gasteiger partial charge in [-0.3, -0.25) is 18.8 Å². The molecule has 0 fully saturated rings. The van der Waals surface area contributed by atoms with Crippen molar-refractivity contribution in [3.05, 3.63) is 46.5 Å². The molecule has 0 unspecified atom stereocenters. The number of hydrogen-bond acceptors (Lipinski definition) is 5. The Balaban J connectivity index is 2.01. The predicted molar refractivity (Wildman–Crippen MR) is 91.4 cm³/mol. The van der Waals surface area contributed by atoms with Crippen molar-refractivity contribution in [2.75, 3.05) is 5.32 Å². The van der Waals surface area contributed by atoms with Gasteiger partial charge in [-0.2, -0.15) is 18.3 Å². The predicted octanol–water partition coefficient (Wildman–Crippen LogP) is 1.86. The largest absolute Gasteiger partial charge is 0.416 e. The van der Waals surface area contributed by atoms with Crippen molar-refractivity contribution in [2.45, 2.75) is 26.2 Å². The van der Waals surface area contributed by atoms with Crippen LogP contribution in [-0.2, 0) is 24.1 Å². The van der Waals surface area contributed by atoms with Crippen LogP contribution in [0.1, 0.15) is 12.5 Å². The maximum Gasteiger partial charge on any atom is 0.416 e. The number of halogens is 3. The maximum absolute atomic E-state index is 12.7. The lowest BCUT2D eigenvalue weighted by atomic mass is 10.2. The van der Waals surface area contributed by atoms with Crippen molar-refractivity contribution < 1.29 is 18.0 Å². The van der Waals surface area contributed by atoms with Gasteiger partial charge in [-0.1, -0.05) is 0 Å². The molecule has 0 radical (unpaired) electrons. The fourth-order valence-electron chi connectivity index (χ4n) is 2.58. The van der Waals surface area contributed by atoms with Gasteiger partial charge in [0.25, 0.3) is 5.56 Å². The molecule has 0 aliphatic carbocycles. The molecule has 0 aliphatic heterocycles. The Morgan fingerprint density at radius 3 is 2.48 bits per heavy atom. The van der Waals surface area contributed by atoms with Gasteiger partial charge in [-0.15, -0.1) is 0 Å². The fourth-order valence-corrected chi connectivity index (χ4v) is 2.58. The first-order valence-electron chi connectivity index (χ1n) is 7.89. The van der Waals surface area contributed by atoms with Gasteiger partial charge >= 0.3 is 6.18 Å². The molecule has 0 aliphatic rings.